The highest BCUT2D eigenvalue weighted by Gasteiger charge is 2.14. The first kappa shape index (κ1) is 19.0. The van der Waals surface area contributed by atoms with Crippen molar-refractivity contribution in [3.63, 3.8) is 0 Å². The molecule has 140 valence electrons. The number of aryl methyl sites for hydroxylation is 1. The Balaban J connectivity index is 1.84. The average molecular weight is 437 g/mol. The number of carbonyl (C=O) groups is 1. The molecule has 0 aliphatic heterocycles. The predicted molar refractivity (Wildman–Crippen MR) is 97.9 cm³/mol. The summed E-state index contributed by atoms with van der Waals surface area (Å²) in [5, 5.41) is 13.1. The van der Waals surface area contributed by atoms with Crippen molar-refractivity contribution in [2.24, 2.45) is 0 Å². The average Bonchev–Trinajstić information content (AvgIpc) is 2.97. The van der Waals surface area contributed by atoms with Crippen LogP contribution in [0.2, 0.25) is 0 Å². The lowest BCUT2D eigenvalue weighted by Crippen LogP contribution is -2.08. The molecular weight excluding hydrogens is 422 g/mol. The van der Waals surface area contributed by atoms with Crippen molar-refractivity contribution in [1.82, 2.24) is 9.78 Å². The molecule has 0 aliphatic carbocycles. The molecule has 3 rings (SSSR count). The minimum Gasteiger partial charge on any atom is -0.488 e. The van der Waals surface area contributed by atoms with Crippen LogP contribution in [0.3, 0.4) is 0 Å². The van der Waals surface area contributed by atoms with Gasteiger partial charge in [-0.1, -0.05) is 15.9 Å². The van der Waals surface area contributed by atoms with Crippen molar-refractivity contribution >= 4 is 21.9 Å². The van der Waals surface area contributed by atoms with E-state index in [2.05, 4.69) is 21.0 Å². The zero-order valence-corrected chi connectivity index (χ0v) is 15.8. The van der Waals surface area contributed by atoms with Gasteiger partial charge in [-0.25, -0.2) is 13.6 Å². The third-order valence-corrected chi connectivity index (χ3v) is 4.43. The molecule has 1 heterocycles. The minimum atomic E-state index is -1.10. The Bertz CT molecular complexity index is 1000. The number of benzene rings is 2. The molecule has 0 atom stereocenters. The van der Waals surface area contributed by atoms with E-state index in [9.17, 15) is 13.6 Å². The molecule has 0 radical (unpaired) electrons. The Morgan fingerprint density at radius 2 is 1.96 bits per heavy atom. The summed E-state index contributed by atoms with van der Waals surface area (Å²) in [7, 11) is 0. The molecule has 0 unspecified atom stereocenters. The van der Waals surface area contributed by atoms with Crippen LogP contribution >= 0.6 is 15.9 Å². The third kappa shape index (κ3) is 4.51. The smallest absolute Gasteiger partial charge is 0.356 e. The fourth-order valence-electron chi connectivity index (χ4n) is 2.54. The lowest BCUT2D eigenvalue weighted by molar-refractivity contribution is 0.0689. The number of carboxylic acids is 1. The highest BCUT2D eigenvalue weighted by Crippen LogP contribution is 2.26. The Hall–Kier alpha value is -2.74. The van der Waals surface area contributed by atoms with Crippen molar-refractivity contribution in [1.29, 1.82) is 0 Å². The Morgan fingerprint density at radius 3 is 2.63 bits per heavy atom. The molecule has 0 amide bonds. The molecule has 8 heteroatoms. The van der Waals surface area contributed by atoms with Gasteiger partial charge in [-0.05, 0) is 43.3 Å². The summed E-state index contributed by atoms with van der Waals surface area (Å²) in [4.78, 5) is 11.1. The van der Waals surface area contributed by atoms with Crippen LogP contribution in [0.15, 0.2) is 46.9 Å². The molecule has 1 aromatic heterocycles. The monoisotopic (exact) mass is 436 g/mol. The summed E-state index contributed by atoms with van der Waals surface area (Å²) in [6.45, 7) is 1.96. The topological polar surface area (TPSA) is 64.3 Å². The predicted octanol–water partition coefficient (Wildman–Crippen LogP) is 4.56. The van der Waals surface area contributed by atoms with Crippen LogP contribution < -0.4 is 4.74 Å². The van der Waals surface area contributed by atoms with E-state index in [4.69, 9.17) is 9.84 Å². The van der Waals surface area contributed by atoms with Crippen LogP contribution in [-0.2, 0) is 13.2 Å². The minimum absolute atomic E-state index is 0.0432. The van der Waals surface area contributed by atoms with E-state index in [0.717, 1.165) is 16.1 Å². The number of aromatic carboxylic acids is 1. The number of ether oxygens (including phenoxy) is 1. The lowest BCUT2D eigenvalue weighted by atomic mass is 10.2. The summed E-state index contributed by atoms with van der Waals surface area (Å²) < 4.78 is 34.9. The zero-order valence-electron chi connectivity index (χ0n) is 14.2. The van der Waals surface area contributed by atoms with Crippen LogP contribution in [0, 0.1) is 18.6 Å². The molecule has 5 nitrogen and oxygen atoms in total. The largest absolute Gasteiger partial charge is 0.488 e. The number of rotatable bonds is 6. The number of hydrogen-bond acceptors (Lipinski definition) is 3. The molecule has 0 spiro atoms. The van der Waals surface area contributed by atoms with E-state index in [1.807, 2.05) is 6.07 Å². The van der Waals surface area contributed by atoms with E-state index < -0.39 is 17.6 Å². The summed E-state index contributed by atoms with van der Waals surface area (Å²) in [6.07, 6.45) is 0. The molecule has 27 heavy (non-hydrogen) atoms. The zero-order chi connectivity index (χ0) is 19.6. The van der Waals surface area contributed by atoms with Gasteiger partial charge in [0.15, 0.2) is 5.69 Å². The van der Waals surface area contributed by atoms with Gasteiger partial charge in [-0.3, -0.25) is 4.68 Å². The van der Waals surface area contributed by atoms with E-state index in [1.165, 1.54) is 18.2 Å². The van der Waals surface area contributed by atoms with Crippen LogP contribution in [-0.4, -0.2) is 20.9 Å². The van der Waals surface area contributed by atoms with E-state index in [-0.39, 0.29) is 24.4 Å². The van der Waals surface area contributed by atoms with Gasteiger partial charge in [0.2, 0.25) is 0 Å². The van der Waals surface area contributed by atoms with E-state index >= 15 is 0 Å². The Kier molecular flexibility index (Phi) is 5.55. The second kappa shape index (κ2) is 7.87. The van der Waals surface area contributed by atoms with Gasteiger partial charge < -0.3 is 9.84 Å². The van der Waals surface area contributed by atoms with Gasteiger partial charge in [-0.15, -0.1) is 0 Å². The second-order valence-electron chi connectivity index (χ2n) is 5.91. The summed E-state index contributed by atoms with van der Waals surface area (Å²) in [6, 6.07) is 10.1. The van der Waals surface area contributed by atoms with Gasteiger partial charge >= 0.3 is 5.97 Å². The standard InChI is InChI=1S/C19H15BrF2N2O3/c1-11-6-17(19(25)26)23-24(11)9-13-7-14(20)3-5-18(13)27-10-12-2-4-15(21)8-16(12)22/h2-8H,9-10H2,1H3,(H,25,26). The maximum absolute atomic E-state index is 13.8. The maximum atomic E-state index is 13.8. The SMILES string of the molecule is Cc1cc(C(=O)O)nn1Cc1cc(Br)ccc1OCc1ccc(F)cc1F. The second-order valence-corrected chi connectivity index (χ2v) is 6.83. The normalized spacial score (nSPS) is 10.8. The Labute approximate surface area is 162 Å². The van der Waals surface area contributed by atoms with Crippen molar-refractivity contribution in [3.05, 3.63) is 81.1 Å². The molecule has 0 aliphatic rings. The van der Waals surface area contributed by atoms with Gasteiger partial charge in [-0.2, -0.15) is 5.10 Å². The highest BCUT2D eigenvalue weighted by atomic mass is 79.9. The van der Waals surface area contributed by atoms with Crippen molar-refractivity contribution in [3.8, 4) is 5.75 Å². The summed E-state index contributed by atoms with van der Waals surface area (Å²) in [5.41, 5.74) is 1.60. The van der Waals surface area contributed by atoms with Crippen molar-refractivity contribution in [2.75, 3.05) is 0 Å². The van der Waals surface area contributed by atoms with Crippen LogP contribution in [0.1, 0.15) is 27.3 Å². The number of aromatic nitrogens is 2. The van der Waals surface area contributed by atoms with Gasteiger partial charge in [0.1, 0.15) is 24.0 Å². The Morgan fingerprint density at radius 1 is 1.19 bits per heavy atom. The van der Waals surface area contributed by atoms with Crippen LogP contribution in [0.5, 0.6) is 5.75 Å². The number of carboxylic acid groups (broad SMARTS) is 1. The van der Waals surface area contributed by atoms with E-state index in [1.54, 1.807) is 23.7 Å². The highest BCUT2D eigenvalue weighted by molar-refractivity contribution is 9.10. The first-order chi connectivity index (χ1) is 12.8. The van der Waals surface area contributed by atoms with Crippen LogP contribution in [0.4, 0.5) is 8.78 Å². The molecule has 1 N–H and O–H groups in total. The fourth-order valence-corrected chi connectivity index (χ4v) is 2.95. The number of halogens is 3. The van der Waals surface area contributed by atoms with Crippen molar-refractivity contribution in [2.45, 2.75) is 20.1 Å². The van der Waals surface area contributed by atoms with Gasteiger partial charge in [0, 0.05) is 27.4 Å². The van der Waals surface area contributed by atoms with Crippen molar-refractivity contribution < 1.29 is 23.4 Å². The summed E-state index contributed by atoms with van der Waals surface area (Å²) in [5.74, 6) is -1.94. The fraction of sp³-hybridized carbons (Fsp3) is 0.158. The maximum Gasteiger partial charge on any atom is 0.356 e. The number of nitrogens with zero attached hydrogens (tertiary/aromatic N) is 2. The first-order valence-corrected chi connectivity index (χ1v) is 8.75. The molecule has 3 aromatic rings. The van der Waals surface area contributed by atoms with Crippen LogP contribution in [0.25, 0.3) is 0 Å². The quantitative estimate of drug-likeness (QED) is 0.615. The molecule has 0 fully saturated rings. The van der Waals surface area contributed by atoms with E-state index in [0.29, 0.717) is 11.4 Å². The van der Waals surface area contributed by atoms with Gasteiger partial charge in [0.25, 0.3) is 0 Å². The van der Waals surface area contributed by atoms with Gasteiger partial charge in [0.05, 0.1) is 6.54 Å². The molecule has 2 aromatic carbocycles. The summed E-state index contributed by atoms with van der Waals surface area (Å²) >= 11 is 3.39. The molecule has 0 saturated carbocycles. The molecular formula is C19H15BrF2N2O3. The number of hydrogen-bond donors (Lipinski definition) is 1. The third-order valence-electron chi connectivity index (χ3n) is 3.94. The lowest BCUT2D eigenvalue weighted by Gasteiger charge is -2.13. The molecule has 0 saturated heterocycles. The first-order valence-electron chi connectivity index (χ1n) is 7.96. The molecule has 0 bridgehead atoms.